The van der Waals surface area contributed by atoms with E-state index in [1.54, 1.807) is 0 Å². The highest BCUT2D eigenvalue weighted by atomic mass is 19.4. The molecule has 0 saturated carbocycles. The molecule has 0 bridgehead atoms. The molecule has 1 amide bonds. The molecule has 4 N–H and O–H groups in total. The van der Waals surface area contributed by atoms with Crippen molar-refractivity contribution in [2.24, 2.45) is 5.73 Å². The monoisotopic (exact) mass is 214 g/mol. The van der Waals surface area contributed by atoms with Crippen LogP contribution in [-0.2, 0) is 9.59 Å². The van der Waals surface area contributed by atoms with Crippen molar-refractivity contribution >= 4 is 11.9 Å². The van der Waals surface area contributed by atoms with Gasteiger partial charge in [0.05, 0.1) is 6.17 Å². The molecule has 14 heavy (non-hydrogen) atoms. The Morgan fingerprint density at radius 2 is 2.00 bits per heavy atom. The third-order valence-electron chi connectivity index (χ3n) is 1.27. The van der Waals surface area contributed by atoms with E-state index in [0.717, 1.165) is 6.42 Å². The highest BCUT2D eigenvalue weighted by Gasteiger charge is 2.38. The topological polar surface area (TPSA) is 92.4 Å². The molecule has 1 unspecified atom stereocenters. The summed E-state index contributed by atoms with van der Waals surface area (Å²) < 4.78 is 31.7. The maximum atomic E-state index is 10.6. The average Bonchev–Trinajstić information content (AvgIpc) is 2.33. The van der Waals surface area contributed by atoms with Crippen LogP contribution in [0.2, 0.25) is 0 Å². The first kappa shape index (κ1) is 12.7. The van der Waals surface area contributed by atoms with Gasteiger partial charge < -0.3 is 16.2 Å². The number of halogens is 3. The van der Waals surface area contributed by atoms with Crippen LogP contribution in [0.5, 0.6) is 0 Å². The number of amides is 1. The second kappa shape index (κ2) is 4.80. The number of rotatable bonds is 0. The maximum Gasteiger partial charge on any atom is 0.490 e. The average molecular weight is 214 g/mol. The van der Waals surface area contributed by atoms with Crippen LogP contribution in [0.15, 0.2) is 0 Å². The van der Waals surface area contributed by atoms with E-state index >= 15 is 0 Å². The Balaban J connectivity index is 0.000000241. The summed E-state index contributed by atoms with van der Waals surface area (Å²) in [4.78, 5) is 19.2. The normalized spacial score (nSPS) is 20.9. The molecule has 0 aromatic rings. The van der Waals surface area contributed by atoms with E-state index in [2.05, 4.69) is 5.32 Å². The molecule has 82 valence electrons. The SMILES string of the molecule is NC1CCC(=O)N1.O=C(O)C(F)(F)F. The van der Waals surface area contributed by atoms with E-state index < -0.39 is 12.1 Å². The summed E-state index contributed by atoms with van der Waals surface area (Å²) in [5.74, 6) is -2.68. The molecule has 0 aromatic carbocycles. The van der Waals surface area contributed by atoms with Crippen molar-refractivity contribution < 1.29 is 27.9 Å². The maximum absolute atomic E-state index is 10.6. The second-order valence-electron chi connectivity index (χ2n) is 2.52. The van der Waals surface area contributed by atoms with Gasteiger partial charge in [-0.05, 0) is 6.42 Å². The van der Waals surface area contributed by atoms with E-state index in [0.29, 0.717) is 6.42 Å². The van der Waals surface area contributed by atoms with Crippen molar-refractivity contribution in [1.82, 2.24) is 5.32 Å². The van der Waals surface area contributed by atoms with Gasteiger partial charge in [-0.15, -0.1) is 0 Å². The highest BCUT2D eigenvalue weighted by Crippen LogP contribution is 2.13. The van der Waals surface area contributed by atoms with Gasteiger partial charge in [-0.2, -0.15) is 13.2 Å². The lowest BCUT2D eigenvalue weighted by atomic mass is 10.3. The van der Waals surface area contributed by atoms with Gasteiger partial charge in [-0.1, -0.05) is 0 Å². The van der Waals surface area contributed by atoms with Gasteiger partial charge in [0.25, 0.3) is 0 Å². The van der Waals surface area contributed by atoms with Gasteiger partial charge in [-0.3, -0.25) is 4.79 Å². The molecule has 0 spiro atoms. The van der Waals surface area contributed by atoms with Gasteiger partial charge in [0.1, 0.15) is 0 Å². The zero-order valence-electron chi connectivity index (χ0n) is 6.97. The molecule has 1 aliphatic rings. The minimum absolute atomic E-state index is 0.0764. The Bertz CT molecular complexity index is 229. The number of carboxylic acids is 1. The van der Waals surface area contributed by atoms with Crippen LogP contribution in [0.25, 0.3) is 0 Å². The molecule has 0 aliphatic carbocycles. The Kier molecular flexibility index (Phi) is 4.35. The number of aliphatic carboxylic acids is 1. The molecular formula is C6H9F3N2O3. The summed E-state index contributed by atoms with van der Waals surface area (Å²) in [5.41, 5.74) is 5.29. The molecule has 1 saturated heterocycles. The van der Waals surface area contributed by atoms with Crippen LogP contribution < -0.4 is 11.1 Å². The van der Waals surface area contributed by atoms with Crippen molar-refractivity contribution in [2.75, 3.05) is 0 Å². The number of nitrogens with two attached hydrogens (primary N) is 1. The Morgan fingerprint density at radius 3 is 2.07 bits per heavy atom. The first-order valence-corrected chi connectivity index (χ1v) is 3.58. The lowest BCUT2D eigenvalue weighted by Gasteiger charge is -1.96. The first-order valence-electron chi connectivity index (χ1n) is 3.58. The van der Waals surface area contributed by atoms with Crippen LogP contribution in [0.3, 0.4) is 0 Å². The van der Waals surface area contributed by atoms with Crippen LogP contribution in [0, 0.1) is 0 Å². The molecule has 1 heterocycles. The third-order valence-corrected chi connectivity index (χ3v) is 1.27. The standard InChI is InChI=1S/C4H8N2O.C2HF3O2/c5-3-1-2-4(7)6-3;3-2(4,5)1(6)7/h3H,1-2,5H2,(H,6,7);(H,6,7). The van der Waals surface area contributed by atoms with Crippen LogP contribution in [0.1, 0.15) is 12.8 Å². The molecule has 1 aliphatic heterocycles. The van der Waals surface area contributed by atoms with Crippen molar-refractivity contribution in [3.63, 3.8) is 0 Å². The van der Waals surface area contributed by atoms with Crippen LogP contribution in [0.4, 0.5) is 13.2 Å². The third kappa shape index (κ3) is 5.36. The van der Waals surface area contributed by atoms with Crippen LogP contribution >= 0.6 is 0 Å². The van der Waals surface area contributed by atoms with E-state index in [9.17, 15) is 18.0 Å². The number of nitrogens with one attached hydrogen (secondary N) is 1. The van der Waals surface area contributed by atoms with Gasteiger partial charge in [0, 0.05) is 6.42 Å². The van der Waals surface area contributed by atoms with Gasteiger partial charge in [0.2, 0.25) is 5.91 Å². The van der Waals surface area contributed by atoms with E-state index in [1.165, 1.54) is 0 Å². The smallest absolute Gasteiger partial charge is 0.475 e. The quantitative estimate of drug-likeness (QED) is 0.521. The summed E-state index contributed by atoms with van der Waals surface area (Å²) >= 11 is 0. The van der Waals surface area contributed by atoms with E-state index in [4.69, 9.17) is 15.6 Å². The predicted octanol–water partition coefficient (Wildman–Crippen LogP) is -0.185. The van der Waals surface area contributed by atoms with Crippen LogP contribution in [-0.4, -0.2) is 29.3 Å². The molecule has 1 fully saturated rings. The summed E-state index contributed by atoms with van der Waals surface area (Å²) in [6, 6.07) is 0. The van der Waals surface area contributed by atoms with Crippen molar-refractivity contribution in [2.45, 2.75) is 25.2 Å². The van der Waals surface area contributed by atoms with Crippen molar-refractivity contribution in [3.8, 4) is 0 Å². The fourth-order valence-corrected chi connectivity index (χ4v) is 0.638. The minimum atomic E-state index is -5.08. The number of alkyl halides is 3. The zero-order chi connectivity index (χ0) is 11.4. The number of hydrogen-bond acceptors (Lipinski definition) is 3. The number of hydrogen-bond donors (Lipinski definition) is 3. The fraction of sp³-hybridized carbons (Fsp3) is 0.667. The molecule has 1 rings (SSSR count). The second-order valence-corrected chi connectivity index (χ2v) is 2.52. The molecular weight excluding hydrogens is 205 g/mol. The largest absolute Gasteiger partial charge is 0.490 e. The Hall–Kier alpha value is -1.31. The van der Waals surface area contributed by atoms with Gasteiger partial charge in [-0.25, -0.2) is 4.79 Å². The number of carboxylic acid groups (broad SMARTS) is 1. The summed E-state index contributed by atoms with van der Waals surface area (Å²) in [6.07, 6.45) is -3.77. The van der Waals surface area contributed by atoms with Crippen molar-refractivity contribution in [3.05, 3.63) is 0 Å². The molecule has 8 heteroatoms. The number of carbonyl (C=O) groups is 2. The minimum Gasteiger partial charge on any atom is -0.475 e. The summed E-state index contributed by atoms with van der Waals surface area (Å²) in [7, 11) is 0. The molecule has 1 atom stereocenters. The lowest BCUT2D eigenvalue weighted by Crippen LogP contribution is -2.32. The first-order chi connectivity index (χ1) is 6.23. The zero-order valence-corrected chi connectivity index (χ0v) is 6.97. The Morgan fingerprint density at radius 1 is 1.57 bits per heavy atom. The summed E-state index contributed by atoms with van der Waals surface area (Å²) in [5, 5.41) is 9.68. The lowest BCUT2D eigenvalue weighted by molar-refractivity contribution is -0.192. The van der Waals surface area contributed by atoms with Gasteiger partial charge in [0.15, 0.2) is 0 Å². The van der Waals surface area contributed by atoms with Crippen molar-refractivity contribution in [1.29, 1.82) is 0 Å². The fourth-order valence-electron chi connectivity index (χ4n) is 0.638. The number of carbonyl (C=O) groups excluding carboxylic acids is 1. The Labute approximate surface area is 77.1 Å². The predicted molar refractivity (Wildman–Crippen MR) is 39.0 cm³/mol. The molecule has 5 nitrogen and oxygen atoms in total. The van der Waals surface area contributed by atoms with Gasteiger partial charge >= 0.3 is 12.1 Å². The molecule has 0 aromatic heterocycles. The van der Waals surface area contributed by atoms with E-state index in [-0.39, 0.29) is 12.1 Å². The van der Waals surface area contributed by atoms with E-state index in [1.807, 2.05) is 0 Å². The summed E-state index contributed by atoms with van der Waals surface area (Å²) in [6.45, 7) is 0. The highest BCUT2D eigenvalue weighted by molar-refractivity contribution is 5.78. The molecule has 0 radical (unpaired) electrons.